The van der Waals surface area contributed by atoms with Gasteiger partial charge in [0.25, 0.3) is 0 Å². The molecule has 2 aliphatic heterocycles. The van der Waals surface area contributed by atoms with Crippen LogP contribution in [-0.2, 0) is 16.1 Å². The van der Waals surface area contributed by atoms with Gasteiger partial charge in [0.1, 0.15) is 5.76 Å². The van der Waals surface area contributed by atoms with Gasteiger partial charge < -0.3 is 29.4 Å². The summed E-state index contributed by atoms with van der Waals surface area (Å²) in [6, 6.07) is 19.3. The molecular weight excluding hydrogens is 448 g/mol. The smallest absolute Gasteiger partial charge is 0.309 e. The topological polar surface area (TPSA) is 96.3 Å². The van der Waals surface area contributed by atoms with Gasteiger partial charge in [0, 0.05) is 45.0 Å². The van der Waals surface area contributed by atoms with Crippen LogP contribution in [0.3, 0.4) is 0 Å². The van der Waals surface area contributed by atoms with E-state index < -0.39 is 11.8 Å². The lowest BCUT2D eigenvalue weighted by Gasteiger charge is -2.39. The average molecular weight is 477 g/mol. The van der Waals surface area contributed by atoms with Gasteiger partial charge in [-0.3, -0.25) is 14.5 Å². The predicted molar refractivity (Wildman–Crippen MR) is 129 cm³/mol. The highest BCUT2D eigenvalue weighted by molar-refractivity contribution is 6.35. The summed E-state index contributed by atoms with van der Waals surface area (Å²) in [6.45, 7) is 4.03. The first-order valence-electron chi connectivity index (χ1n) is 11.7. The number of piperazine rings is 1. The van der Waals surface area contributed by atoms with Crippen LogP contribution >= 0.6 is 0 Å². The number of carbonyl (C=O) groups excluding carboxylic acids is 2. The molecule has 0 spiro atoms. The number of hydrogen-bond acceptors (Lipinski definition) is 7. The number of nitrogens with one attached hydrogen (secondary N) is 2. The molecule has 0 saturated carbocycles. The molecule has 9 nitrogen and oxygen atoms in total. The maximum absolute atomic E-state index is 12.5. The summed E-state index contributed by atoms with van der Waals surface area (Å²) < 4.78 is 16.3. The van der Waals surface area contributed by atoms with E-state index in [1.165, 1.54) is 5.69 Å². The molecule has 0 unspecified atom stereocenters. The van der Waals surface area contributed by atoms with Gasteiger partial charge in [0.15, 0.2) is 11.5 Å². The molecule has 9 heteroatoms. The molecule has 0 radical (unpaired) electrons. The number of para-hydroxylation sites is 1. The highest BCUT2D eigenvalue weighted by Gasteiger charge is 2.28. The van der Waals surface area contributed by atoms with E-state index in [-0.39, 0.29) is 25.9 Å². The van der Waals surface area contributed by atoms with Gasteiger partial charge in [-0.15, -0.1) is 0 Å². The lowest BCUT2D eigenvalue weighted by Crippen LogP contribution is -2.50. The molecule has 1 saturated heterocycles. The molecule has 1 aromatic heterocycles. The molecule has 2 N–H and O–H groups in total. The Morgan fingerprint density at radius 2 is 1.63 bits per heavy atom. The van der Waals surface area contributed by atoms with Crippen molar-refractivity contribution in [1.82, 2.24) is 15.5 Å². The number of carbonyl (C=O) groups is 2. The Labute approximate surface area is 203 Å². The van der Waals surface area contributed by atoms with E-state index in [1.54, 1.807) is 18.4 Å². The van der Waals surface area contributed by atoms with Gasteiger partial charge in [-0.1, -0.05) is 24.3 Å². The van der Waals surface area contributed by atoms with Crippen LogP contribution in [0.25, 0.3) is 0 Å². The van der Waals surface area contributed by atoms with E-state index in [0.29, 0.717) is 11.5 Å². The third-order valence-electron chi connectivity index (χ3n) is 6.30. The minimum absolute atomic E-state index is 0.159. The van der Waals surface area contributed by atoms with Gasteiger partial charge in [-0.05, 0) is 42.0 Å². The Balaban J connectivity index is 1.14. The Morgan fingerprint density at radius 3 is 2.40 bits per heavy atom. The summed E-state index contributed by atoms with van der Waals surface area (Å²) in [5, 5.41) is 5.44. The Kier molecular flexibility index (Phi) is 6.85. The molecule has 0 bridgehead atoms. The molecule has 1 atom stereocenters. The summed E-state index contributed by atoms with van der Waals surface area (Å²) in [5.41, 5.74) is 2.02. The van der Waals surface area contributed by atoms with Crippen LogP contribution in [0, 0.1) is 0 Å². The molecule has 35 heavy (non-hydrogen) atoms. The number of furan rings is 1. The minimum atomic E-state index is -0.685. The Bertz CT molecular complexity index is 1140. The molecule has 3 aromatic rings. The standard InChI is InChI=1S/C26H28N4O5/c31-25(27-16-19-8-9-23-24(15-19)35-18-34-23)26(32)28-17-21(22-7-4-14-33-22)30-12-10-29(11-13-30)20-5-2-1-3-6-20/h1-9,14-15,21H,10-13,16-18H2,(H,27,31)(H,28,32)/t21-/m0/s1. The van der Waals surface area contributed by atoms with E-state index in [0.717, 1.165) is 37.5 Å². The van der Waals surface area contributed by atoms with Crippen LogP contribution in [0.1, 0.15) is 17.4 Å². The van der Waals surface area contributed by atoms with Crippen LogP contribution in [0.2, 0.25) is 0 Å². The quantitative estimate of drug-likeness (QED) is 0.505. The number of anilines is 1. The fraction of sp³-hybridized carbons (Fsp3) is 0.308. The van der Waals surface area contributed by atoms with Gasteiger partial charge in [0.05, 0.1) is 12.3 Å². The average Bonchev–Trinajstić information content (AvgIpc) is 3.60. The lowest BCUT2D eigenvalue weighted by atomic mass is 10.1. The van der Waals surface area contributed by atoms with Gasteiger partial charge in [-0.25, -0.2) is 0 Å². The third-order valence-corrected chi connectivity index (χ3v) is 6.30. The number of fused-ring (bicyclic) bond motifs is 1. The summed E-state index contributed by atoms with van der Waals surface area (Å²) in [6.07, 6.45) is 1.63. The van der Waals surface area contributed by atoms with Crippen LogP contribution in [0.4, 0.5) is 5.69 Å². The zero-order valence-corrected chi connectivity index (χ0v) is 19.3. The van der Waals surface area contributed by atoms with E-state index in [2.05, 4.69) is 32.6 Å². The summed E-state index contributed by atoms with van der Waals surface area (Å²) in [4.78, 5) is 29.5. The van der Waals surface area contributed by atoms with Crippen molar-refractivity contribution in [2.75, 3.05) is 44.4 Å². The number of benzene rings is 2. The molecule has 0 aliphatic carbocycles. The summed E-state index contributed by atoms with van der Waals surface area (Å²) in [5.74, 6) is 0.709. The lowest BCUT2D eigenvalue weighted by molar-refractivity contribution is -0.139. The Hall–Kier alpha value is -3.98. The van der Waals surface area contributed by atoms with Crippen molar-refractivity contribution in [3.8, 4) is 11.5 Å². The first-order valence-corrected chi connectivity index (χ1v) is 11.7. The second-order valence-electron chi connectivity index (χ2n) is 8.47. The number of amides is 2. The number of ether oxygens (including phenoxy) is 2. The molecule has 182 valence electrons. The first-order chi connectivity index (χ1) is 17.2. The molecule has 2 amide bonds. The zero-order valence-electron chi connectivity index (χ0n) is 19.3. The van der Waals surface area contributed by atoms with Gasteiger partial charge in [-0.2, -0.15) is 0 Å². The van der Waals surface area contributed by atoms with Crippen LogP contribution in [0.15, 0.2) is 71.3 Å². The van der Waals surface area contributed by atoms with E-state index in [9.17, 15) is 9.59 Å². The molecule has 5 rings (SSSR count). The SMILES string of the molecule is O=C(NCc1ccc2c(c1)OCO2)C(=O)NC[C@@H](c1ccco1)N1CCN(c2ccccc2)CC1. The second kappa shape index (κ2) is 10.5. The van der Waals surface area contributed by atoms with E-state index in [1.807, 2.05) is 36.4 Å². The van der Waals surface area contributed by atoms with E-state index in [4.69, 9.17) is 13.9 Å². The maximum Gasteiger partial charge on any atom is 0.309 e. The van der Waals surface area contributed by atoms with Crippen molar-refractivity contribution >= 4 is 17.5 Å². The normalized spacial score (nSPS) is 16.1. The summed E-state index contributed by atoms with van der Waals surface area (Å²) >= 11 is 0. The fourth-order valence-corrected chi connectivity index (χ4v) is 4.40. The van der Waals surface area contributed by atoms with Crippen LogP contribution in [-0.4, -0.2) is 56.2 Å². The molecule has 2 aliphatic rings. The van der Waals surface area contributed by atoms with Crippen molar-refractivity contribution in [1.29, 1.82) is 0 Å². The van der Waals surface area contributed by atoms with Crippen molar-refractivity contribution in [2.24, 2.45) is 0 Å². The first kappa shape index (κ1) is 22.8. The van der Waals surface area contributed by atoms with Crippen molar-refractivity contribution in [3.63, 3.8) is 0 Å². The largest absolute Gasteiger partial charge is 0.468 e. The predicted octanol–water partition coefficient (Wildman–Crippen LogP) is 2.30. The maximum atomic E-state index is 12.5. The summed E-state index contributed by atoms with van der Waals surface area (Å²) in [7, 11) is 0. The number of rotatable bonds is 7. The minimum Gasteiger partial charge on any atom is -0.468 e. The monoisotopic (exact) mass is 476 g/mol. The van der Waals surface area contributed by atoms with Crippen LogP contribution in [0.5, 0.6) is 11.5 Å². The zero-order chi connectivity index (χ0) is 24.0. The fourth-order valence-electron chi connectivity index (χ4n) is 4.40. The van der Waals surface area contributed by atoms with Gasteiger partial charge >= 0.3 is 11.8 Å². The van der Waals surface area contributed by atoms with Crippen molar-refractivity contribution in [2.45, 2.75) is 12.6 Å². The Morgan fingerprint density at radius 1 is 0.857 bits per heavy atom. The van der Waals surface area contributed by atoms with Crippen LogP contribution < -0.4 is 25.0 Å². The van der Waals surface area contributed by atoms with Crippen molar-refractivity contribution < 1.29 is 23.5 Å². The molecule has 2 aromatic carbocycles. The number of hydrogen-bond donors (Lipinski definition) is 2. The highest BCUT2D eigenvalue weighted by atomic mass is 16.7. The van der Waals surface area contributed by atoms with Crippen molar-refractivity contribution in [3.05, 3.63) is 78.3 Å². The number of nitrogens with zero attached hydrogens (tertiary/aromatic N) is 2. The molecule has 1 fully saturated rings. The second-order valence-corrected chi connectivity index (χ2v) is 8.47. The molecule has 3 heterocycles. The van der Waals surface area contributed by atoms with Gasteiger partial charge in [0.2, 0.25) is 6.79 Å². The molecular formula is C26H28N4O5. The third kappa shape index (κ3) is 5.41. The van der Waals surface area contributed by atoms with E-state index >= 15 is 0 Å². The highest BCUT2D eigenvalue weighted by Crippen LogP contribution is 2.32.